The van der Waals surface area contributed by atoms with Crippen LogP contribution in [0.15, 0.2) is 48.6 Å². The fraction of sp³-hybridized carbons (Fsp3) is 0.824. The summed E-state index contributed by atoms with van der Waals surface area (Å²) in [5.41, 5.74) is 0. The monoisotopic (exact) mass is 929 g/mol. The first kappa shape index (κ1) is 60.3. The van der Waals surface area contributed by atoms with Crippen LogP contribution in [0.1, 0.15) is 206 Å². The first-order valence-electron chi connectivity index (χ1n) is 25.5. The quantitative estimate of drug-likeness (QED) is 0.0147. The van der Waals surface area contributed by atoms with Gasteiger partial charge in [-0.3, -0.25) is 13.8 Å². The number of allylic oxidation sites excluding steroid dienone is 8. The van der Waals surface area contributed by atoms with Crippen LogP contribution < -0.4 is 0 Å². The summed E-state index contributed by atoms with van der Waals surface area (Å²) in [7, 11) is -5.03. The molecule has 1 aliphatic carbocycles. The highest BCUT2D eigenvalue weighted by molar-refractivity contribution is 7.47. The number of phosphoric acid groups is 1. The van der Waals surface area contributed by atoms with Crippen molar-refractivity contribution >= 4 is 13.8 Å². The summed E-state index contributed by atoms with van der Waals surface area (Å²) >= 11 is 0. The van der Waals surface area contributed by atoms with E-state index in [2.05, 4.69) is 62.5 Å². The number of rotatable bonds is 43. The molecular formula is C51H93O12P. The number of unbranched alkanes of at least 4 members (excludes halogenated alkanes) is 23. The number of hydrogen-bond acceptors (Lipinski definition) is 11. The zero-order valence-corrected chi connectivity index (χ0v) is 41.0. The Labute approximate surface area is 388 Å². The normalized spacial score (nSPS) is 22.1. The van der Waals surface area contributed by atoms with Gasteiger partial charge in [-0.15, -0.1) is 0 Å². The first-order chi connectivity index (χ1) is 31.0. The van der Waals surface area contributed by atoms with Gasteiger partial charge in [-0.25, -0.2) is 4.57 Å². The van der Waals surface area contributed by atoms with Crippen molar-refractivity contribution < 1.29 is 58.3 Å². The number of ether oxygens (including phenoxy) is 2. The molecule has 0 amide bonds. The summed E-state index contributed by atoms with van der Waals surface area (Å²) in [5.74, 6) is -0.505. The molecule has 0 saturated heterocycles. The van der Waals surface area contributed by atoms with Crippen LogP contribution in [0.25, 0.3) is 0 Å². The van der Waals surface area contributed by atoms with E-state index < -0.39 is 63.1 Å². The van der Waals surface area contributed by atoms with E-state index in [1.54, 1.807) is 0 Å². The number of aliphatic hydroxyl groups excluding tert-OH is 5. The lowest BCUT2D eigenvalue weighted by atomic mass is 9.85. The molecule has 6 N–H and O–H groups in total. The summed E-state index contributed by atoms with van der Waals surface area (Å²) in [6, 6.07) is 0. The number of aliphatic hydroxyl groups is 5. The van der Waals surface area contributed by atoms with Gasteiger partial charge in [0.15, 0.2) is 0 Å². The van der Waals surface area contributed by atoms with E-state index in [9.17, 15) is 39.8 Å². The lowest BCUT2D eigenvalue weighted by Gasteiger charge is -2.41. The van der Waals surface area contributed by atoms with Gasteiger partial charge in [0.2, 0.25) is 0 Å². The van der Waals surface area contributed by atoms with Crippen LogP contribution >= 0.6 is 7.82 Å². The van der Waals surface area contributed by atoms with Crippen molar-refractivity contribution in [1.29, 1.82) is 0 Å². The lowest BCUT2D eigenvalue weighted by Crippen LogP contribution is -2.64. The third-order valence-electron chi connectivity index (χ3n) is 11.7. The molecule has 0 aromatic heterocycles. The van der Waals surface area contributed by atoms with E-state index in [-0.39, 0.29) is 13.0 Å². The SMILES string of the molecule is CC/C=C\C/C=C\C/C=C\CCCCCC(=O)OC(COCCCCCCCCCCCCCC/C=C\CCCCCCCCCC)COP(=O)(O)OC1C(O)C(O)C(O)C(O)C1O. The Bertz CT molecular complexity index is 1240. The second kappa shape index (κ2) is 41.5. The number of hydrogen-bond donors (Lipinski definition) is 6. The Morgan fingerprint density at radius 2 is 0.922 bits per heavy atom. The molecule has 1 fully saturated rings. The van der Waals surface area contributed by atoms with Gasteiger partial charge in [0, 0.05) is 13.0 Å². The van der Waals surface area contributed by atoms with Crippen LogP contribution in [0.2, 0.25) is 0 Å². The smallest absolute Gasteiger partial charge is 0.457 e. The molecule has 0 heterocycles. The van der Waals surface area contributed by atoms with E-state index in [0.29, 0.717) is 13.0 Å². The fourth-order valence-electron chi connectivity index (χ4n) is 7.66. The van der Waals surface area contributed by atoms with E-state index in [1.165, 1.54) is 122 Å². The maximum Gasteiger partial charge on any atom is 0.472 e. The van der Waals surface area contributed by atoms with Gasteiger partial charge >= 0.3 is 13.8 Å². The zero-order valence-electron chi connectivity index (χ0n) is 40.1. The van der Waals surface area contributed by atoms with Crippen molar-refractivity contribution in [3.63, 3.8) is 0 Å². The molecule has 6 unspecified atom stereocenters. The van der Waals surface area contributed by atoms with E-state index >= 15 is 0 Å². The van der Waals surface area contributed by atoms with Crippen LogP contribution in [-0.4, -0.2) is 98.9 Å². The van der Waals surface area contributed by atoms with Gasteiger partial charge in [-0.2, -0.15) is 0 Å². The van der Waals surface area contributed by atoms with Crippen LogP contribution in [0, 0.1) is 0 Å². The van der Waals surface area contributed by atoms with Crippen LogP contribution in [-0.2, 0) is 27.9 Å². The number of carbonyl (C=O) groups excluding carboxylic acids is 1. The van der Waals surface area contributed by atoms with Gasteiger partial charge in [0.25, 0.3) is 0 Å². The Morgan fingerprint density at radius 1 is 0.516 bits per heavy atom. The minimum absolute atomic E-state index is 0.0891. The lowest BCUT2D eigenvalue weighted by molar-refractivity contribution is -0.220. The Hall–Kier alpha value is -1.70. The van der Waals surface area contributed by atoms with E-state index in [4.69, 9.17) is 18.5 Å². The molecular weight excluding hydrogens is 836 g/mol. The minimum atomic E-state index is -5.03. The third kappa shape index (κ3) is 32.9. The molecule has 1 rings (SSSR count). The van der Waals surface area contributed by atoms with Crippen molar-refractivity contribution in [1.82, 2.24) is 0 Å². The molecule has 0 aliphatic heterocycles. The molecule has 0 radical (unpaired) electrons. The highest BCUT2D eigenvalue weighted by Crippen LogP contribution is 2.47. The standard InChI is InChI=1S/C51H93O12P/c1-3-5-7-9-11-13-15-17-18-19-20-21-22-23-24-25-26-27-29-31-33-35-37-39-41-60-42-44(43-61-64(58,59)63-51-49(56)47(54)46(53)48(55)50(51)57)62-45(52)40-38-36-34-32-30-28-16-14-12-10-8-6-4-2/h6,8,12,14,19-20,28,30,44,46-51,53-57H,3-5,7,9-11,13,15-18,21-27,29,31-43H2,1-2H3,(H,58,59)/b8-6-,14-12-,20-19-,30-28-. The Balaban J connectivity index is 2.30. The van der Waals surface area contributed by atoms with Crippen molar-refractivity contribution in [2.24, 2.45) is 0 Å². The second-order valence-corrected chi connectivity index (χ2v) is 19.0. The average Bonchev–Trinajstić information content (AvgIpc) is 3.28. The summed E-state index contributed by atoms with van der Waals surface area (Å²) < 4.78 is 34.2. The van der Waals surface area contributed by atoms with E-state index in [1.807, 2.05) is 0 Å². The van der Waals surface area contributed by atoms with Crippen LogP contribution in [0.3, 0.4) is 0 Å². The van der Waals surface area contributed by atoms with Gasteiger partial charge in [0.05, 0.1) is 13.2 Å². The van der Waals surface area contributed by atoms with Crippen LogP contribution in [0.5, 0.6) is 0 Å². The number of phosphoric ester groups is 1. The molecule has 6 atom stereocenters. The second-order valence-electron chi connectivity index (χ2n) is 17.6. The number of esters is 1. The number of carbonyl (C=O) groups is 1. The fourth-order valence-corrected chi connectivity index (χ4v) is 8.63. The predicted molar refractivity (Wildman–Crippen MR) is 258 cm³/mol. The summed E-state index contributed by atoms with van der Waals surface area (Å²) in [4.78, 5) is 23.2. The molecule has 0 aromatic carbocycles. The maximum absolute atomic E-state index is 12.8. The molecule has 0 bridgehead atoms. The molecule has 374 valence electrons. The summed E-state index contributed by atoms with van der Waals surface area (Å²) in [5, 5.41) is 50.2. The highest BCUT2D eigenvalue weighted by Gasteiger charge is 2.51. The average molecular weight is 929 g/mol. The molecule has 1 saturated carbocycles. The molecule has 13 heteroatoms. The Kier molecular flexibility index (Phi) is 39.1. The summed E-state index contributed by atoms with van der Waals surface area (Å²) in [6.45, 7) is 4.12. The van der Waals surface area contributed by atoms with Gasteiger partial charge in [-0.05, 0) is 70.6 Å². The predicted octanol–water partition coefficient (Wildman–Crippen LogP) is 11.2. The molecule has 64 heavy (non-hydrogen) atoms. The largest absolute Gasteiger partial charge is 0.472 e. The minimum Gasteiger partial charge on any atom is -0.457 e. The highest BCUT2D eigenvalue weighted by atomic mass is 31.2. The van der Waals surface area contributed by atoms with Crippen molar-refractivity contribution in [3.05, 3.63) is 48.6 Å². The summed E-state index contributed by atoms with van der Waals surface area (Å²) in [6.07, 6.45) is 39.1. The topological polar surface area (TPSA) is 192 Å². The molecule has 0 aromatic rings. The van der Waals surface area contributed by atoms with E-state index in [0.717, 1.165) is 57.8 Å². The maximum atomic E-state index is 12.8. The van der Waals surface area contributed by atoms with Crippen LogP contribution in [0.4, 0.5) is 0 Å². The van der Waals surface area contributed by atoms with Gasteiger partial charge in [-0.1, -0.05) is 178 Å². The van der Waals surface area contributed by atoms with Gasteiger partial charge in [0.1, 0.15) is 42.7 Å². The zero-order chi connectivity index (χ0) is 46.9. The molecule has 0 spiro atoms. The first-order valence-corrected chi connectivity index (χ1v) is 27.0. The molecule has 12 nitrogen and oxygen atoms in total. The third-order valence-corrected chi connectivity index (χ3v) is 12.7. The van der Waals surface area contributed by atoms with Crippen molar-refractivity contribution in [2.45, 2.75) is 249 Å². The molecule has 1 aliphatic rings. The Morgan fingerprint density at radius 3 is 1.42 bits per heavy atom. The van der Waals surface area contributed by atoms with Crippen molar-refractivity contribution in [3.8, 4) is 0 Å². The van der Waals surface area contributed by atoms with Gasteiger partial charge < -0.3 is 39.9 Å². The van der Waals surface area contributed by atoms with Crippen molar-refractivity contribution in [2.75, 3.05) is 19.8 Å².